The molecule has 0 saturated heterocycles. The van der Waals surface area contributed by atoms with Crippen molar-refractivity contribution in [3.8, 4) is 0 Å². The predicted octanol–water partition coefficient (Wildman–Crippen LogP) is 6.60. The normalized spacial score (nSPS) is 12.0. The second kappa shape index (κ2) is 4.96. The van der Waals surface area contributed by atoms with E-state index >= 15 is 0 Å². The van der Waals surface area contributed by atoms with E-state index in [1.807, 2.05) is 18.2 Å². The molecule has 0 aliphatic carbocycles. The zero-order chi connectivity index (χ0) is 17.3. The van der Waals surface area contributed by atoms with Crippen LogP contribution in [0.25, 0.3) is 49.1 Å². The summed E-state index contributed by atoms with van der Waals surface area (Å²) in [6.45, 7) is 0. The van der Waals surface area contributed by atoms with Crippen LogP contribution in [0, 0.1) is 0 Å². The van der Waals surface area contributed by atoms with E-state index in [0.29, 0.717) is 0 Å². The van der Waals surface area contributed by atoms with Crippen molar-refractivity contribution in [3.63, 3.8) is 0 Å². The molecule has 3 heteroatoms. The van der Waals surface area contributed by atoms with Gasteiger partial charge in [-0.05, 0) is 46.5 Å². The molecule has 0 atom stereocenters. The van der Waals surface area contributed by atoms with Gasteiger partial charge in [0.05, 0.1) is 16.6 Å². The fourth-order valence-electron chi connectivity index (χ4n) is 4.10. The number of halogens is 1. The molecule has 0 fully saturated rings. The summed E-state index contributed by atoms with van der Waals surface area (Å²) in [7, 11) is 0. The number of hydrogen-bond donors (Lipinski definition) is 0. The van der Waals surface area contributed by atoms with Crippen LogP contribution in [-0.2, 0) is 0 Å². The third-order valence-electron chi connectivity index (χ3n) is 5.20. The highest BCUT2D eigenvalue weighted by Gasteiger charge is 2.15. The third kappa shape index (κ3) is 1.74. The van der Waals surface area contributed by atoms with Crippen molar-refractivity contribution in [2.24, 2.45) is 0 Å². The number of nitrogens with zero attached hydrogens (tertiary/aromatic N) is 2. The van der Waals surface area contributed by atoms with Gasteiger partial charge < -0.3 is 0 Å². The molecule has 2 nitrogen and oxygen atoms in total. The second-order valence-electron chi connectivity index (χ2n) is 6.63. The molecule has 0 spiro atoms. The van der Waals surface area contributed by atoms with Gasteiger partial charge in [0.15, 0.2) is 0 Å². The third-order valence-corrected chi connectivity index (χ3v) is 5.44. The van der Waals surface area contributed by atoms with Gasteiger partial charge in [0.2, 0.25) is 0 Å². The molecule has 4 aromatic carbocycles. The topological polar surface area (TPSA) is 17.3 Å². The Labute approximate surface area is 154 Å². The lowest BCUT2D eigenvalue weighted by Crippen LogP contribution is -1.92. The Kier molecular flexibility index (Phi) is 2.69. The smallest absolute Gasteiger partial charge is 0.147 e. The van der Waals surface area contributed by atoms with Crippen molar-refractivity contribution in [2.75, 3.05) is 0 Å². The molecule has 0 radical (unpaired) electrons. The number of imidazole rings is 1. The van der Waals surface area contributed by atoms with Crippen molar-refractivity contribution in [1.29, 1.82) is 0 Å². The molecular weight excluding hydrogens is 340 g/mol. The van der Waals surface area contributed by atoms with Gasteiger partial charge in [0.25, 0.3) is 0 Å². The van der Waals surface area contributed by atoms with Gasteiger partial charge in [-0.1, -0.05) is 60.1 Å². The zero-order valence-corrected chi connectivity index (χ0v) is 14.5. The summed E-state index contributed by atoms with van der Waals surface area (Å²) in [5, 5.41) is 6.69. The van der Waals surface area contributed by atoms with Crippen LogP contribution < -0.4 is 0 Å². The quantitative estimate of drug-likeness (QED) is 0.281. The summed E-state index contributed by atoms with van der Waals surface area (Å²) in [6.07, 6.45) is 0. The Hall–Kier alpha value is -3.10. The van der Waals surface area contributed by atoms with E-state index < -0.39 is 0 Å². The van der Waals surface area contributed by atoms with Gasteiger partial charge in [0, 0.05) is 15.8 Å². The minimum Gasteiger partial charge on any atom is -0.292 e. The highest BCUT2D eigenvalue weighted by molar-refractivity contribution is 6.32. The maximum Gasteiger partial charge on any atom is 0.147 e. The van der Waals surface area contributed by atoms with Crippen LogP contribution in [0.15, 0.2) is 78.9 Å². The van der Waals surface area contributed by atoms with Crippen LogP contribution in [0.2, 0.25) is 5.02 Å². The Morgan fingerprint density at radius 3 is 2.38 bits per heavy atom. The van der Waals surface area contributed by atoms with Crippen LogP contribution in [0.5, 0.6) is 0 Å². The number of rotatable bonds is 0. The lowest BCUT2D eigenvalue weighted by Gasteiger charge is -2.11. The van der Waals surface area contributed by atoms with Gasteiger partial charge in [-0.15, -0.1) is 0 Å². The fourth-order valence-corrected chi connectivity index (χ4v) is 4.28. The van der Waals surface area contributed by atoms with Gasteiger partial charge in [0.1, 0.15) is 5.65 Å². The summed E-state index contributed by atoms with van der Waals surface area (Å²) in [5.41, 5.74) is 4.31. The number of aromatic nitrogens is 2. The molecule has 26 heavy (non-hydrogen) atoms. The van der Waals surface area contributed by atoms with Crippen LogP contribution in [-0.4, -0.2) is 9.38 Å². The van der Waals surface area contributed by atoms with E-state index in [4.69, 9.17) is 16.6 Å². The largest absolute Gasteiger partial charge is 0.292 e. The van der Waals surface area contributed by atoms with E-state index in [9.17, 15) is 0 Å². The molecule has 122 valence electrons. The molecule has 0 saturated carbocycles. The number of benzene rings is 4. The SMILES string of the molecule is Clc1ccc2c(ccc3c4ccccc4n4c5ccccc5nc4c23)c1. The number of pyridine rings is 1. The maximum atomic E-state index is 6.23. The van der Waals surface area contributed by atoms with Crippen molar-refractivity contribution >= 4 is 60.7 Å². The molecule has 0 bridgehead atoms. The van der Waals surface area contributed by atoms with Crippen molar-refractivity contribution in [3.05, 3.63) is 83.9 Å². The summed E-state index contributed by atoms with van der Waals surface area (Å²) >= 11 is 6.23. The number of para-hydroxylation sites is 3. The lowest BCUT2D eigenvalue weighted by molar-refractivity contribution is 1.32. The molecule has 0 amide bonds. The first-order valence-electron chi connectivity index (χ1n) is 8.61. The molecule has 6 rings (SSSR count). The first-order chi connectivity index (χ1) is 12.8. The molecule has 6 aromatic rings. The molecule has 2 aromatic heterocycles. The van der Waals surface area contributed by atoms with Gasteiger partial charge in [-0.25, -0.2) is 4.98 Å². The summed E-state index contributed by atoms with van der Waals surface area (Å²) < 4.78 is 2.28. The van der Waals surface area contributed by atoms with Gasteiger partial charge in [-0.3, -0.25) is 4.40 Å². The van der Waals surface area contributed by atoms with E-state index in [-0.39, 0.29) is 0 Å². The highest BCUT2D eigenvalue weighted by Crippen LogP contribution is 2.36. The molecule has 0 aliphatic heterocycles. The minimum absolute atomic E-state index is 0.752. The van der Waals surface area contributed by atoms with Crippen LogP contribution in [0.3, 0.4) is 0 Å². The van der Waals surface area contributed by atoms with Crippen molar-refractivity contribution in [2.45, 2.75) is 0 Å². The monoisotopic (exact) mass is 352 g/mol. The highest BCUT2D eigenvalue weighted by atomic mass is 35.5. The Morgan fingerprint density at radius 1 is 0.692 bits per heavy atom. The van der Waals surface area contributed by atoms with Gasteiger partial charge >= 0.3 is 0 Å². The van der Waals surface area contributed by atoms with Crippen LogP contribution in [0.1, 0.15) is 0 Å². The maximum absolute atomic E-state index is 6.23. The molecular formula is C23H13ClN2. The average molecular weight is 353 g/mol. The zero-order valence-electron chi connectivity index (χ0n) is 13.8. The molecule has 0 N–H and O–H groups in total. The van der Waals surface area contributed by atoms with E-state index in [1.165, 1.54) is 27.1 Å². The van der Waals surface area contributed by atoms with E-state index in [0.717, 1.165) is 27.1 Å². The van der Waals surface area contributed by atoms with E-state index in [2.05, 4.69) is 65.1 Å². The van der Waals surface area contributed by atoms with Gasteiger partial charge in [-0.2, -0.15) is 0 Å². The van der Waals surface area contributed by atoms with E-state index in [1.54, 1.807) is 0 Å². The first-order valence-corrected chi connectivity index (χ1v) is 8.99. The predicted molar refractivity (Wildman–Crippen MR) is 110 cm³/mol. The first kappa shape index (κ1) is 14.1. The lowest BCUT2D eigenvalue weighted by atomic mass is 9.99. The summed E-state index contributed by atoms with van der Waals surface area (Å²) in [4.78, 5) is 5.00. The Bertz CT molecular complexity index is 1490. The van der Waals surface area contributed by atoms with Crippen molar-refractivity contribution in [1.82, 2.24) is 9.38 Å². The standard InChI is InChI=1S/C23H13ClN2/c24-15-10-12-16-14(13-15)9-11-18-17-5-1-3-7-20(17)26-21-8-4-2-6-19(21)25-23(26)22(16)18/h1-13H. The average Bonchev–Trinajstić information content (AvgIpc) is 3.07. The van der Waals surface area contributed by atoms with Crippen molar-refractivity contribution < 1.29 is 0 Å². The summed E-state index contributed by atoms with van der Waals surface area (Å²) in [5.74, 6) is 0. The Morgan fingerprint density at radius 2 is 1.46 bits per heavy atom. The molecule has 2 heterocycles. The summed E-state index contributed by atoms with van der Waals surface area (Å²) in [6, 6.07) is 27.3. The second-order valence-corrected chi connectivity index (χ2v) is 7.07. The number of hydrogen-bond acceptors (Lipinski definition) is 1. The van der Waals surface area contributed by atoms with Crippen LogP contribution >= 0.6 is 11.6 Å². The molecule has 0 aliphatic rings. The minimum atomic E-state index is 0.752. The Balaban J connectivity index is 2.04. The number of fused-ring (bicyclic) bond motifs is 10. The fraction of sp³-hybridized carbons (Fsp3) is 0. The van der Waals surface area contributed by atoms with Crippen LogP contribution in [0.4, 0.5) is 0 Å². The molecule has 0 unspecified atom stereocenters.